The van der Waals surface area contributed by atoms with Crippen molar-refractivity contribution in [3.8, 4) is 16.9 Å². The van der Waals surface area contributed by atoms with Crippen molar-refractivity contribution in [2.75, 3.05) is 32.1 Å². The number of aromatic nitrogens is 2. The van der Waals surface area contributed by atoms with E-state index in [0.29, 0.717) is 45.3 Å². The van der Waals surface area contributed by atoms with E-state index in [2.05, 4.69) is 5.32 Å². The number of hydrogen-bond acceptors (Lipinski definition) is 5. The second kappa shape index (κ2) is 12.6. The highest BCUT2D eigenvalue weighted by atomic mass is 35.5. The molecule has 1 fully saturated rings. The highest BCUT2D eigenvalue weighted by Gasteiger charge is 2.32. The summed E-state index contributed by atoms with van der Waals surface area (Å²) >= 11 is 6.20. The molecule has 0 saturated carbocycles. The first-order valence-electron chi connectivity index (χ1n) is 14.5. The summed E-state index contributed by atoms with van der Waals surface area (Å²) in [6, 6.07) is 9.07. The van der Waals surface area contributed by atoms with Crippen LogP contribution in [-0.2, 0) is 17.8 Å². The lowest BCUT2D eigenvalue weighted by Gasteiger charge is -2.38. The second-order valence-electron chi connectivity index (χ2n) is 11.0. The van der Waals surface area contributed by atoms with Crippen LogP contribution in [0.25, 0.3) is 11.1 Å². The molecule has 0 radical (unpaired) electrons. The molecule has 3 aromatic rings. The van der Waals surface area contributed by atoms with E-state index in [-0.39, 0.29) is 40.7 Å². The van der Waals surface area contributed by atoms with Crippen LogP contribution < -0.4 is 21.3 Å². The third-order valence-electron chi connectivity index (χ3n) is 8.46. The topological polar surface area (TPSA) is 106 Å². The van der Waals surface area contributed by atoms with Crippen LogP contribution in [0.5, 0.6) is 5.75 Å². The number of carbonyl (C=O) groups is 2. The van der Waals surface area contributed by atoms with Gasteiger partial charge in [0, 0.05) is 49.2 Å². The molecule has 12 heteroatoms. The van der Waals surface area contributed by atoms with Gasteiger partial charge < -0.3 is 19.9 Å². The molecule has 0 bridgehead atoms. The summed E-state index contributed by atoms with van der Waals surface area (Å²) in [5, 5.41) is 2.77. The van der Waals surface area contributed by atoms with Crippen LogP contribution in [0, 0.1) is 5.82 Å². The number of nitrogens with zero attached hydrogens (tertiary/aromatic N) is 4. The van der Waals surface area contributed by atoms with Gasteiger partial charge in [0.1, 0.15) is 18.1 Å². The Morgan fingerprint density at radius 2 is 1.86 bits per heavy atom. The van der Waals surface area contributed by atoms with Gasteiger partial charge in [-0.15, -0.1) is 0 Å². The van der Waals surface area contributed by atoms with Gasteiger partial charge in [-0.1, -0.05) is 30.7 Å². The number of halogens is 2. The average Bonchev–Trinajstić information content (AvgIpc) is 3.17. The van der Waals surface area contributed by atoms with Gasteiger partial charge in [-0.2, -0.15) is 0 Å². The first kappa shape index (κ1) is 30.3. The SMILES string of the molecule is CC[C@@H](C)n1c(=O)c(-c2cccc(F)c2Cl)cn(CC(=O)N2CCC(N3CCc4cc(OC)ccc4NC3=O)CC2)c1=O. The van der Waals surface area contributed by atoms with Crippen LogP contribution in [-0.4, -0.2) is 63.7 Å². The smallest absolute Gasteiger partial charge is 0.331 e. The molecular formula is C31H35ClFN5O5. The number of methoxy groups -OCH3 is 1. The van der Waals surface area contributed by atoms with Crippen molar-refractivity contribution in [3.63, 3.8) is 0 Å². The van der Waals surface area contributed by atoms with Crippen LogP contribution in [0.15, 0.2) is 52.2 Å². The van der Waals surface area contributed by atoms with Crippen LogP contribution in [0.3, 0.4) is 0 Å². The molecule has 0 spiro atoms. The zero-order chi connectivity index (χ0) is 30.8. The number of carbonyl (C=O) groups excluding carboxylic acids is 2. The van der Waals surface area contributed by atoms with E-state index in [4.69, 9.17) is 16.3 Å². The summed E-state index contributed by atoms with van der Waals surface area (Å²) < 4.78 is 21.9. The minimum absolute atomic E-state index is 0.0432. The van der Waals surface area contributed by atoms with Gasteiger partial charge in [0.25, 0.3) is 5.56 Å². The fourth-order valence-electron chi connectivity index (χ4n) is 5.78. The number of piperidine rings is 1. The molecule has 3 heterocycles. The zero-order valence-electron chi connectivity index (χ0n) is 24.4. The van der Waals surface area contributed by atoms with E-state index in [1.807, 2.05) is 30.0 Å². The lowest BCUT2D eigenvalue weighted by atomic mass is 10.0. The van der Waals surface area contributed by atoms with Crippen molar-refractivity contribution in [1.29, 1.82) is 0 Å². The van der Waals surface area contributed by atoms with Gasteiger partial charge in [-0.3, -0.25) is 18.7 Å². The van der Waals surface area contributed by atoms with Crippen molar-refractivity contribution in [2.45, 2.75) is 58.2 Å². The summed E-state index contributed by atoms with van der Waals surface area (Å²) in [5.41, 5.74) is 0.766. The Balaban J connectivity index is 1.32. The summed E-state index contributed by atoms with van der Waals surface area (Å²) in [5.74, 6) is -0.240. The third-order valence-corrected chi connectivity index (χ3v) is 8.84. The van der Waals surface area contributed by atoms with Crippen LogP contribution in [0.1, 0.15) is 44.7 Å². The average molecular weight is 612 g/mol. The van der Waals surface area contributed by atoms with Crippen molar-refractivity contribution in [3.05, 3.63) is 79.8 Å². The highest BCUT2D eigenvalue weighted by Crippen LogP contribution is 2.29. The first-order chi connectivity index (χ1) is 20.6. The number of nitrogens with one attached hydrogen (secondary N) is 1. The number of amides is 3. The summed E-state index contributed by atoms with van der Waals surface area (Å²) in [4.78, 5) is 56.7. The highest BCUT2D eigenvalue weighted by molar-refractivity contribution is 6.33. The molecule has 1 N–H and O–H groups in total. The maximum Gasteiger partial charge on any atom is 0.331 e. The summed E-state index contributed by atoms with van der Waals surface area (Å²) in [6.45, 7) is 4.67. The number of rotatable bonds is 7. The van der Waals surface area contributed by atoms with E-state index < -0.39 is 23.1 Å². The Kier molecular flexibility index (Phi) is 8.91. The van der Waals surface area contributed by atoms with E-state index in [9.17, 15) is 23.6 Å². The Morgan fingerprint density at radius 3 is 2.56 bits per heavy atom. The molecular weight excluding hydrogens is 577 g/mol. The fraction of sp³-hybridized carbons (Fsp3) is 0.419. The minimum atomic E-state index is -0.688. The molecule has 3 amide bonds. The van der Waals surface area contributed by atoms with Crippen LogP contribution >= 0.6 is 11.6 Å². The standard InChI is InChI=1S/C31H35ClFN5O5/c1-4-19(2)38-29(40)24(23-6-5-7-25(33)28(23)32)17-36(31(38)42)18-27(39)35-13-11-21(12-14-35)37-15-10-20-16-22(43-3)8-9-26(20)34-30(37)41/h5-9,16-17,19,21H,4,10-15,18H2,1-3H3,(H,34,41)/t19-/m1/s1. The largest absolute Gasteiger partial charge is 0.497 e. The van der Waals surface area contributed by atoms with E-state index in [0.717, 1.165) is 21.6 Å². The summed E-state index contributed by atoms with van der Waals surface area (Å²) in [6.07, 6.45) is 3.65. The minimum Gasteiger partial charge on any atom is -0.497 e. The van der Waals surface area contributed by atoms with E-state index in [1.54, 1.807) is 18.9 Å². The number of anilines is 1. The van der Waals surface area contributed by atoms with Gasteiger partial charge in [0.2, 0.25) is 5.91 Å². The maximum atomic E-state index is 14.3. The molecule has 2 aromatic carbocycles. The van der Waals surface area contributed by atoms with Gasteiger partial charge in [-0.05, 0) is 62.4 Å². The normalized spacial score (nSPS) is 16.3. The molecule has 2 aliphatic rings. The Morgan fingerprint density at radius 1 is 1.12 bits per heavy atom. The molecule has 228 valence electrons. The number of hydrogen-bond donors (Lipinski definition) is 1. The fourth-order valence-corrected chi connectivity index (χ4v) is 6.01. The van der Waals surface area contributed by atoms with Crippen molar-refractivity contribution in [1.82, 2.24) is 18.9 Å². The van der Waals surface area contributed by atoms with Crippen molar-refractivity contribution < 1.29 is 18.7 Å². The predicted molar refractivity (Wildman–Crippen MR) is 162 cm³/mol. The van der Waals surface area contributed by atoms with Crippen molar-refractivity contribution >= 4 is 29.2 Å². The lowest BCUT2D eigenvalue weighted by Crippen LogP contribution is -2.51. The maximum absolute atomic E-state index is 14.3. The third kappa shape index (κ3) is 6.04. The number of ether oxygens (including phenoxy) is 1. The number of benzene rings is 2. The second-order valence-corrected chi connectivity index (χ2v) is 11.4. The number of fused-ring (bicyclic) bond motifs is 1. The Bertz CT molecular complexity index is 1660. The lowest BCUT2D eigenvalue weighted by molar-refractivity contribution is -0.133. The quantitative estimate of drug-likeness (QED) is 0.423. The van der Waals surface area contributed by atoms with Crippen LogP contribution in [0.4, 0.5) is 14.9 Å². The molecule has 0 aliphatic carbocycles. The Hall–Kier alpha value is -4.12. The predicted octanol–water partition coefficient (Wildman–Crippen LogP) is 4.53. The molecule has 1 aromatic heterocycles. The molecule has 10 nitrogen and oxygen atoms in total. The number of likely N-dealkylation sites (tertiary alicyclic amines) is 1. The molecule has 0 unspecified atom stereocenters. The monoisotopic (exact) mass is 611 g/mol. The van der Waals surface area contributed by atoms with Gasteiger partial charge >= 0.3 is 11.7 Å². The summed E-state index contributed by atoms with van der Waals surface area (Å²) in [7, 11) is 1.61. The van der Waals surface area contributed by atoms with E-state index in [1.165, 1.54) is 29.0 Å². The Labute approximate surface area is 253 Å². The number of urea groups is 1. The molecule has 5 rings (SSSR count). The van der Waals surface area contributed by atoms with Gasteiger partial charge in [0.15, 0.2) is 0 Å². The zero-order valence-corrected chi connectivity index (χ0v) is 25.2. The molecule has 1 saturated heterocycles. The van der Waals surface area contributed by atoms with Gasteiger partial charge in [0.05, 0.1) is 17.7 Å². The van der Waals surface area contributed by atoms with Crippen LogP contribution in [0.2, 0.25) is 5.02 Å². The molecule has 2 aliphatic heterocycles. The molecule has 1 atom stereocenters. The van der Waals surface area contributed by atoms with E-state index >= 15 is 0 Å². The van der Waals surface area contributed by atoms with Crippen molar-refractivity contribution in [2.24, 2.45) is 0 Å². The molecule has 43 heavy (non-hydrogen) atoms. The van der Waals surface area contributed by atoms with Gasteiger partial charge in [-0.25, -0.2) is 14.0 Å². The first-order valence-corrected chi connectivity index (χ1v) is 14.8.